The zero-order valence-electron chi connectivity index (χ0n) is 30.8. The molecule has 0 radical (unpaired) electrons. The number of carbonyl (C=O) groups excluding carboxylic acids is 2. The predicted molar refractivity (Wildman–Crippen MR) is 205 cm³/mol. The number of likely N-dealkylation sites (N-methyl/N-ethyl adjacent to an activating group) is 1. The van der Waals surface area contributed by atoms with Crippen molar-refractivity contribution in [3.05, 3.63) is 122 Å². The van der Waals surface area contributed by atoms with Gasteiger partial charge in [0.1, 0.15) is 19.8 Å². The van der Waals surface area contributed by atoms with Crippen LogP contribution in [0.15, 0.2) is 122 Å². The maximum Gasteiger partial charge on any atom is 0.472 e. The van der Waals surface area contributed by atoms with Gasteiger partial charge in [-0.1, -0.05) is 135 Å². The van der Waals surface area contributed by atoms with Crippen molar-refractivity contribution in [3.8, 4) is 0 Å². The molecule has 2 unspecified atom stereocenters. The van der Waals surface area contributed by atoms with E-state index in [0.717, 1.165) is 12.8 Å². The Hall–Kier alpha value is -3.59. The number of hydrogen-bond donors (Lipinski definition) is 1. The molecule has 0 saturated heterocycles. The van der Waals surface area contributed by atoms with Gasteiger partial charge < -0.3 is 18.9 Å². The molecule has 10 heteroatoms. The average Bonchev–Trinajstić information content (AvgIpc) is 3.06. The molecule has 9 nitrogen and oxygen atoms in total. The zero-order valence-corrected chi connectivity index (χ0v) is 31.7. The molecular formula is C40H61NO8P+. The number of allylic oxidation sites excluding steroid dienone is 20. The fourth-order valence-electron chi connectivity index (χ4n) is 3.54. The number of esters is 2. The molecule has 278 valence electrons. The van der Waals surface area contributed by atoms with Crippen molar-refractivity contribution in [1.29, 1.82) is 0 Å². The molecular weight excluding hydrogens is 653 g/mol. The number of phosphoric ester groups is 1. The number of rotatable bonds is 28. The zero-order chi connectivity index (χ0) is 37.2. The summed E-state index contributed by atoms with van der Waals surface area (Å²) >= 11 is 0. The van der Waals surface area contributed by atoms with Gasteiger partial charge in [0.2, 0.25) is 0 Å². The maximum atomic E-state index is 12.6. The van der Waals surface area contributed by atoms with Crippen LogP contribution >= 0.6 is 7.82 Å². The summed E-state index contributed by atoms with van der Waals surface area (Å²) in [7, 11) is 1.36. The minimum absolute atomic E-state index is 0.00136. The van der Waals surface area contributed by atoms with Gasteiger partial charge in [-0.25, -0.2) is 4.57 Å². The van der Waals surface area contributed by atoms with Gasteiger partial charge in [-0.15, -0.1) is 0 Å². The SMILES string of the molecule is CC/C=C/C=C/C=C/C=C/C=C/CCCC(=O)OCC(COP(=O)(O)OCC[N+](C)(C)C)OC(=O)CCC/C=C/C=C/C=C/C=C/C=C/CC. The topological polar surface area (TPSA) is 108 Å². The molecule has 0 spiro atoms. The van der Waals surface area contributed by atoms with Crippen LogP contribution in [0.4, 0.5) is 0 Å². The van der Waals surface area contributed by atoms with Gasteiger partial charge in [0.25, 0.3) is 0 Å². The lowest BCUT2D eigenvalue weighted by Crippen LogP contribution is -2.37. The van der Waals surface area contributed by atoms with E-state index in [1.54, 1.807) is 0 Å². The Bertz CT molecular complexity index is 1260. The van der Waals surface area contributed by atoms with E-state index in [9.17, 15) is 19.0 Å². The number of hydrogen-bond acceptors (Lipinski definition) is 7. The first kappa shape index (κ1) is 46.4. The molecule has 0 aliphatic rings. The fraction of sp³-hybridized carbons (Fsp3) is 0.450. The number of phosphoric acid groups is 1. The second-order valence-corrected chi connectivity index (χ2v) is 13.5. The third-order valence-corrected chi connectivity index (χ3v) is 7.23. The highest BCUT2D eigenvalue weighted by Gasteiger charge is 2.27. The summed E-state index contributed by atoms with van der Waals surface area (Å²) in [5.74, 6) is -0.993. The largest absolute Gasteiger partial charge is 0.472 e. The molecule has 0 aliphatic heterocycles. The second kappa shape index (κ2) is 31.4. The highest BCUT2D eigenvalue weighted by molar-refractivity contribution is 7.47. The first-order valence-electron chi connectivity index (χ1n) is 17.4. The van der Waals surface area contributed by atoms with Crippen LogP contribution < -0.4 is 0 Å². The molecule has 2 atom stereocenters. The average molecular weight is 715 g/mol. The van der Waals surface area contributed by atoms with Gasteiger partial charge in [-0.3, -0.25) is 18.6 Å². The standard InChI is InChI=1S/C40H60NO8P/c1-6-8-10-12-14-16-18-20-22-24-26-28-30-32-39(42)46-36-38(37-48-50(44,45)47-35-34-41(3,4)5)49-40(43)33-31-29-27-25-23-21-19-17-15-13-11-9-7-2/h8-27,38H,6-7,28-37H2,1-5H3/p+1/b10-8+,11-9+,14-12+,15-13+,18-16+,19-17+,22-20+,23-21+,26-24+,27-25+. The number of nitrogens with zero attached hydrogens (tertiary/aromatic N) is 1. The van der Waals surface area contributed by atoms with Crippen molar-refractivity contribution < 1.29 is 42.1 Å². The van der Waals surface area contributed by atoms with Gasteiger partial charge in [0.15, 0.2) is 6.10 Å². The van der Waals surface area contributed by atoms with Gasteiger partial charge >= 0.3 is 19.8 Å². The summed E-state index contributed by atoms with van der Waals surface area (Å²) in [5.41, 5.74) is 0. The lowest BCUT2D eigenvalue weighted by atomic mass is 10.2. The van der Waals surface area contributed by atoms with Crippen LogP contribution in [0.25, 0.3) is 0 Å². The molecule has 0 aliphatic carbocycles. The monoisotopic (exact) mass is 714 g/mol. The molecule has 1 N–H and O–H groups in total. The Morgan fingerprint density at radius 3 is 1.48 bits per heavy atom. The van der Waals surface area contributed by atoms with E-state index in [2.05, 4.69) is 26.0 Å². The van der Waals surface area contributed by atoms with E-state index in [-0.39, 0.29) is 26.1 Å². The van der Waals surface area contributed by atoms with E-state index in [0.29, 0.717) is 36.7 Å². The number of quaternary nitrogens is 1. The van der Waals surface area contributed by atoms with Crippen molar-refractivity contribution in [1.82, 2.24) is 0 Å². The Morgan fingerprint density at radius 2 is 1.04 bits per heavy atom. The number of carbonyl (C=O) groups is 2. The van der Waals surface area contributed by atoms with Crippen LogP contribution in [0.2, 0.25) is 0 Å². The van der Waals surface area contributed by atoms with Crippen molar-refractivity contribution in [2.24, 2.45) is 0 Å². The van der Waals surface area contributed by atoms with Crippen LogP contribution in [-0.2, 0) is 32.7 Å². The first-order valence-corrected chi connectivity index (χ1v) is 18.9. The molecule has 50 heavy (non-hydrogen) atoms. The maximum absolute atomic E-state index is 12.6. The third kappa shape index (κ3) is 34.3. The molecule has 0 aromatic heterocycles. The third-order valence-electron chi connectivity index (χ3n) is 6.24. The quantitative estimate of drug-likeness (QED) is 0.0281. The summed E-state index contributed by atoms with van der Waals surface area (Å²) in [5, 5.41) is 0. The van der Waals surface area contributed by atoms with E-state index in [1.165, 1.54) is 0 Å². The first-order chi connectivity index (χ1) is 24.0. The van der Waals surface area contributed by atoms with Crippen LogP contribution in [0.5, 0.6) is 0 Å². The lowest BCUT2D eigenvalue weighted by Gasteiger charge is -2.24. The second-order valence-electron chi connectivity index (χ2n) is 12.0. The molecule has 0 fully saturated rings. The van der Waals surface area contributed by atoms with Crippen LogP contribution in [0, 0.1) is 0 Å². The molecule has 0 aromatic carbocycles. The highest BCUT2D eigenvalue weighted by atomic mass is 31.2. The Morgan fingerprint density at radius 1 is 0.620 bits per heavy atom. The van der Waals surface area contributed by atoms with Gasteiger partial charge in [-0.2, -0.15) is 0 Å². The summed E-state index contributed by atoms with van der Waals surface area (Å²) in [6.07, 6.45) is 42.8. The Balaban J connectivity index is 4.79. The normalized spacial score (nSPS) is 15.2. The van der Waals surface area contributed by atoms with Crippen LogP contribution in [0.3, 0.4) is 0 Å². The van der Waals surface area contributed by atoms with Crippen molar-refractivity contribution in [2.75, 3.05) is 47.5 Å². The van der Waals surface area contributed by atoms with Crippen molar-refractivity contribution in [2.45, 2.75) is 71.3 Å². The molecule has 0 amide bonds. The van der Waals surface area contributed by atoms with Crippen molar-refractivity contribution in [3.63, 3.8) is 0 Å². The summed E-state index contributed by atoms with van der Waals surface area (Å²) in [6.45, 7) is 3.88. The molecule has 0 aromatic rings. The number of unbranched alkanes of at least 4 members (excludes halogenated alkanes) is 2. The van der Waals surface area contributed by atoms with E-state index in [4.69, 9.17) is 18.5 Å². The van der Waals surface area contributed by atoms with Gasteiger partial charge in [-0.05, 0) is 38.5 Å². The molecule has 0 bridgehead atoms. The van der Waals surface area contributed by atoms with E-state index < -0.39 is 32.5 Å². The van der Waals surface area contributed by atoms with Crippen LogP contribution in [-0.4, -0.2) is 74.9 Å². The van der Waals surface area contributed by atoms with Gasteiger partial charge in [0, 0.05) is 12.8 Å². The van der Waals surface area contributed by atoms with E-state index >= 15 is 0 Å². The molecule has 0 heterocycles. The smallest absolute Gasteiger partial charge is 0.462 e. The Labute approximate surface area is 301 Å². The summed E-state index contributed by atoms with van der Waals surface area (Å²) in [4.78, 5) is 35.0. The molecule has 0 saturated carbocycles. The minimum atomic E-state index is -4.41. The summed E-state index contributed by atoms with van der Waals surface area (Å²) < 4.78 is 33.9. The minimum Gasteiger partial charge on any atom is -0.462 e. The fourth-order valence-corrected chi connectivity index (χ4v) is 4.28. The van der Waals surface area contributed by atoms with Crippen LogP contribution in [0.1, 0.15) is 65.2 Å². The van der Waals surface area contributed by atoms with Crippen molar-refractivity contribution >= 4 is 19.8 Å². The lowest BCUT2D eigenvalue weighted by molar-refractivity contribution is -0.870. The number of ether oxygens (including phenoxy) is 2. The predicted octanol–water partition coefficient (Wildman–Crippen LogP) is 9.00. The summed E-state index contributed by atoms with van der Waals surface area (Å²) in [6, 6.07) is 0. The molecule has 0 rings (SSSR count). The van der Waals surface area contributed by atoms with Gasteiger partial charge in [0.05, 0.1) is 27.7 Å². The van der Waals surface area contributed by atoms with E-state index in [1.807, 2.05) is 131 Å². The highest BCUT2D eigenvalue weighted by Crippen LogP contribution is 2.43. The Kier molecular flexibility index (Phi) is 29.1.